The molecule has 1 aromatic carbocycles. The monoisotopic (exact) mass is 532 g/mol. The minimum atomic E-state index is -0.460. The summed E-state index contributed by atoms with van der Waals surface area (Å²) in [6.45, 7) is 2.55. The van der Waals surface area contributed by atoms with Gasteiger partial charge in [-0.15, -0.1) is 11.3 Å². The number of amides is 2. The highest BCUT2D eigenvalue weighted by Gasteiger charge is 2.40. The van der Waals surface area contributed by atoms with Crippen molar-refractivity contribution in [1.82, 2.24) is 20.5 Å². The number of thiazole rings is 1. The van der Waals surface area contributed by atoms with E-state index in [1.165, 1.54) is 6.42 Å². The van der Waals surface area contributed by atoms with Crippen molar-refractivity contribution >= 4 is 39.1 Å². The van der Waals surface area contributed by atoms with Crippen LogP contribution in [0, 0.1) is 5.92 Å². The molecule has 1 saturated heterocycles. The first kappa shape index (κ1) is 24.4. The van der Waals surface area contributed by atoms with Crippen LogP contribution in [0.25, 0.3) is 11.3 Å². The molecule has 1 aromatic heterocycles. The lowest BCUT2D eigenvalue weighted by Gasteiger charge is -2.35. The van der Waals surface area contributed by atoms with E-state index in [4.69, 9.17) is 4.98 Å². The molecule has 2 N–H and O–H groups in total. The Kier molecular flexibility index (Phi) is 8.20. The van der Waals surface area contributed by atoms with Gasteiger partial charge in [-0.1, -0.05) is 47.3 Å². The number of hydrogen-bond acceptors (Lipinski definition) is 5. The maximum atomic E-state index is 13.9. The topological polar surface area (TPSA) is 74.3 Å². The number of carbonyl (C=O) groups excluding carboxylic acids is 2. The number of nitrogens with one attached hydrogen (secondary N) is 2. The van der Waals surface area contributed by atoms with Crippen LogP contribution in [0.3, 0.4) is 0 Å². The summed E-state index contributed by atoms with van der Waals surface area (Å²) >= 11 is 5.15. The van der Waals surface area contributed by atoms with Crippen molar-refractivity contribution in [3.05, 3.63) is 39.1 Å². The lowest BCUT2D eigenvalue weighted by Crippen LogP contribution is -2.55. The van der Waals surface area contributed by atoms with E-state index in [1.54, 1.807) is 18.4 Å². The second-order valence-electron chi connectivity index (χ2n) is 9.17. The Morgan fingerprint density at radius 2 is 1.97 bits per heavy atom. The summed E-state index contributed by atoms with van der Waals surface area (Å²) in [5.41, 5.74) is 2.01. The van der Waals surface area contributed by atoms with Crippen molar-refractivity contribution < 1.29 is 9.59 Å². The van der Waals surface area contributed by atoms with E-state index in [0.717, 1.165) is 65.8 Å². The lowest BCUT2D eigenvalue weighted by molar-refractivity contribution is -0.139. The predicted octanol–water partition coefficient (Wildman–Crippen LogP) is 4.91. The molecule has 2 aromatic rings. The Morgan fingerprint density at radius 1 is 1.18 bits per heavy atom. The summed E-state index contributed by atoms with van der Waals surface area (Å²) < 4.78 is 1.02. The highest BCUT2D eigenvalue weighted by molar-refractivity contribution is 9.10. The Morgan fingerprint density at radius 3 is 2.70 bits per heavy atom. The third kappa shape index (κ3) is 5.66. The number of likely N-dealkylation sites (tertiary alicyclic amines) is 1. The standard InChI is InChI=1S/C25H33BrN4O2S/c1-16(27-2)23(31)29-22(17-8-4-3-5-9-17)25(32)30-13-7-12-21(30)24-28-20(15-33-24)18-10-6-11-19(26)14-18/h6,10-11,14-17,21-22,27H,3-5,7-9,12-13H2,1-2H3,(H,29,31)/t16-,21-,22-/m0/s1. The first-order valence-corrected chi connectivity index (χ1v) is 13.6. The Bertz CT molecular complexity index is 975. The molecule has 2 heterocycles. The van der Waals surface area contributed by atoms with Gasteiger partial charge in [0.2, 0.25) is 11.8 Å². The van der Waals surface area contributed by atoms with Crippen molar-refractivity contribution in [2.45, 2.75) is 70.0 Å². The van der Waals surface area contributed by atoms with E-state index >= 15 is 0 Å². The van der Waals surface area contributed by atoms with Gasteiger partial charge >= 0.3 is 0 Å². The quantitative estimate of drug-likeness (QED) is 0.531. The molecule has 1 aliphatic heterocycles. The molecule has 2 amide bonds. The molecule has 0 radical (unpaired) electrons. The van der Waals surface area contributed by atoms with Crippen LogP contribution in [0.5, 0.6) is 0 Å². The van der Waals surface area contributed by atoms with Crippen LogP contribution in [0.15, 0.2) is 34.1 Å². The molecule has 3 atom stereocenters. The van der Waals surface area contributed by atoms with Gasteiger partial charge in [0.05, 0.1) is 17.8 Å². The van der Waals surface area contributed by atoms with Crippen molar-refractivity contribution in [1.29, 1.82) is 0 Å². The van der Waals surface area contributed by atoms with Gasteiger partial charge in [0.15, 0.2) is 0 Å². The molecule has 2 aliphatic rings. The molecule has 4 rings (SSSR count). The van der Waals surface area contributed by atoms with Gasteiger partial charge in [0.1, 0.15) is 11.0 Å². The fourth-order valence-electron chi connectivity index (χ4n) is 4.95. The van der Waals surface area contributed by atoms with E-state index in [-0.39, 0.29) is 29.8 Å². The first-order valence-electron chi connectivity index (χ1n) is 12.0. The van der Waals surface area contributed by atoms with Crippen molar-refractivity contribution in [2.24, 2.45) is 5.92 Å². The van der Waals surface area contributed by atoms with E-state index < -0.39 is 6.04 Å². The minimum absolute atomic E-state index is 0.0203. The number of aromatic nitrogens is 1. The van der Waals surface area contributed by atoms with Gasteiger partial charge in [-0.2, -0.15) is 0 Å². The minimum Gasteiger partial charge on any atom is -0.343 e. The summed E-state index contributed by atoms with van der Waals surface area (Å²) in [6, 6.07) is 7.32. The van der Waals surface area contributed by atoms with Gasteiger partial charge in [-0.05, 0) is 57.7 Å². The smallest absolute Gasteiger partial charge is 0.246 e. The highest BCUT2D eigenvalue weighted by Crippen LogP contribution is 2.37. The lowest BCUT2D eigenvalue weighted by atomic mass is 9.83. The number of halogens is 1. The van der Waals surface area contributed by atoms with Crippen LogP contribution in [-0.2, 0) is 9.59 Å². The molecule has 0 spiro atoms. The fraction of sp³-hybridized carbons (Fsp3) is 0.560. The summed E-state index contributed by atoms with van der Waals surface area (Å²) in [4.78, 5) is 33.5. The van der Waals surface area contributed by atoms with Crippen LogP contribution in [0.2, 0.25) is 0 Å². The molecule has 2 fully saturated rings. The molecule has 1 saturated carbocycles. The Labute approximate surface area is 208 Å². The molecular formula is C25H33BrN4O2S. The van der Waals surface area contributed by atoms with Crippen molar-refractivity contribution in [3.63, 3.8) is 0 Å². The molecule has 1 aliphatic carbocycles. The predicted molar refractivity (Wildman–Crippen MR) is 136 cm³/mol. The van der Waals surface area contributed by atoms with E-state index in [2.05, 4.69) is 44.1 Å². The van der Waals surface area contributed by atoms with Gasteiger partial charge in [-0.25, -0.2) is 4.98 Å². The summed E-state index contributed by atoms with van der Waals surface area (Å²) in [7, 11) is 1.77. The molecule has 178 valence electrons. The van der Waals surface area contributed by atoms with Gasteiger partial charge < -0.3 is 15.5 Å². The zero-order valence-electron chi connectivity index (χ0n) is 19.4. The van der Waals surface area contributed by atoms with E-state index in [1.807, 2.05) is 24.0 Å². The average Bonchev–Trinajstić information content (AvgIpc) is 3.51. The maximum absolute atomic E-state index is 13.9. The summed E-state index contributed by atoms with van der Waals surface area (Å²) in [5, 5.41) is 9.15. The zero-order chi connectivity index (χ0) is 23.4. The third-order valence-corrected chi connectivity index (χ3v) is 8.41. The first-order chi connectivity index (χ1) is 16.0. The molecule has 0 bridgehead atoms. The molecular weight excluding hydrogens is 500 g/mol. The fourth-order valence-corrected chi connectivity index (χ4v) is 6.32. The Balaban J connectivity index is 1.55. The maximum Gasteiger partial charge on any atom is 0.246 e. The number of nitrogens with zero attached hydrogens (tertiary/aromatic N) is 2. The average molecular weight is 534 g/mol. The van der Waals surface area contributed by atoms with Gasteiger partial charge in [0, 0.05) is 22.0 Å². The highest BCUT2D eigenvalue weighted by atomic mass is 79.9. The van der Waals surface area contributed by atoms with Crippen molar-refractivity contribution in [2.75, 3.05) is 13.6 Å². The molecule has 6 nitrogen and oxygen atoms in total. The van der Waals surface area contributed by atoms with E-state index in [9.17, 15) is 9.59 Å². The summed E-state index contributed by atoms with van der Waals surface area (Å²) in [6.07, 6.45) is 7.31. The van der Waals surface area contributed by atoms with E-state index in [0.29, 0.717) is 0 Å². The van der Waals surface area contributed by atoms with Crippen LogP contribution >= 0.6 is 27.3 Å². The SMILES string of the molecule is CN[C@@H](C)C(=O)N[C@H](C(=O)N1CCC[C@H]1c1nc(-c2cccc(Br)c2)cs1)C1CCCCC1. The molecule has 33 heavy (non-hydrogen) atoms. The molecule has 8 heteroatoms. The largest absolute Gasteiger partial charge is 0.343 e. The normalized spacial score (nSPS) is 21.1. The number of rotatable bonds is 7. The summed E-state index contributed by atoms with van der Waals surface area (Å²) in [5.74, 6) is 0.151. The third-order valence-electron chi connectivity index (χ3n) is 6.97. The van der Waals surface area contributed by atoms with Crippen LogP contribution in [0.4, 0.5) is 0 Å². The number of benzene rings is 1. The van der Waals surface area contributed by atoms with Crippen LogP contribution in [-0.4, -0.2) is 47.4 Å². The van der Waals surface area contributed by atoms with Gasteiger partial charge in [-0.3, -0.25) is 9.59 Å². The van der Waals surface area contributed by atoms with Crippen LogP contribution < -0.4 is 10.6 Å². The number of likely N-dealkylation sites (N-methyl/N-ethyl adjacent to an activating group) is 1. The van der Waals surface area contributed by atoms with Crippen LogP contribution in [0.1, 0.15) is 62.9 Å². The second-order valence-corrected chi connectivity index (χ2v) is 11.0. The zero-order valence-corrected chi connectivity index (χ0v) is 21.8. The molecule has 0 unspecified atom stereocenters. The van der Waals surface area contributed by atoms with Gasteiger partial charge in [0.25, 0.3) is 0 Å². The Hall–Kier alpha value is -1.77. The van der Waals surface area contributed by atoms with Crippen molar-refractivity contribution in [3.8, 4) is 11.3 Å². The second kappa shape index (κ2) is 11.1. The number of hydrogen-bond donors (Lipinski definition) is 2. The number of carbonyl (C=O) groups is 2.